The van der Waals surface area contributed by atoms with E-state index in [0.717, 1.165) is 8.95 Å². The van der Waals surface area contributed by atoms with Crippen molar-refractivity contribution in [1.29, 1.82) is 0 Å². The van der Waals surface area contributed by atoms with Gasteiger partial charge in [0.1, 0.15) is 0 Å². The molecule has 0 aromatic heterocycles. The minimum atomic E-state index is 0.0446. The summed E-state index contributed by atoms with van der Waals surface area (Å²) in [6.45, 7) is 21.1. The number of fused-ring (bicyclic) bond motifs is 3. The van der Waals surface area contributed by atoms with Crippen molar-refractivity contribution < 1.29 is 0 Å². The maximum Gasteiger partial charge on any atom is 0.0182 e. The summed E-state index contributed by atoms with van der Waals surface area (Å²) in [5.74, 6) is 0. The van der Waals surface area contributed by atoms with Gasteiger partial charge in [-0.1, -0.05) is 127 Å². The van der Waals surface area contributed by atoms with E-state index in [4.69, 9.17) is 0 Å². The summed E-state index contributed by atoms with van der Waals surface area (Å²) in [7, 11) is 1.27. The lowest BCUT2D eigenvalue weighted by Crippen LogP contribution is -2.30. The minimum absolute atomic E-state index is 0.0446. The zero-order valence-corrected chi connectivity index (χ0v) is 25.9. The largest absolute Gasteiger partial charge is 0.0585 e. The summed E-state index contributed by atoms with van der Waals surface area (Å²) in [5, 5.41) is 2.86. The summed E-state index contributed by atoms with van der Waals surface area (Å²) in [4.78, 5) is 0. The van der Waals surface area contributed by atoms with Crippen molar-refractivity contribution in [3.8, 4) is 11.1 Å². The fourth-order valence-corrected chi connectivity index (χ4v) is 7.20. The highest BCUT2D eigenvalue weighted by Gasteiger charge is 2.31. The Balaban J connectivity index is 2.13. The van der Waals surface area contributed by atoms with Crippen LogP contribution in [-0.4, -0.2) is 5.29 Å². The van der Waals surface area contributed by atoms with Gasteiger partial charge in [-0.2, -0.15) is 0 Å². The van der Waals surface area contributed by atoms with Gasteiger partial charge in [0, 0.05) is 19.5 Å². The monoisotopic (exact) mass is 596 g/mol. The van der Waals surface area contributed by atoms with Crippen LogP contribution in [0, 0.1) is 0 Å². The normalized spacial score (nSPS) is 13.9. The zero-order chi connectivity index (χ0) is 25.2. The lowest BCUT2D eigenvalue weighted by atomic mass is 9.75. The van der Waals surface area contributed by atoms with Gasteiger partial charge >= 0.3 is 0 Å². The van der Waals surface area contributed by atoms with Crippen LogP contribution in [0.1, 0.15) is 90.1 Å². The summed E-state index contributed by atoms with van der Waals surface area (Å²) in [5.41, 5.74) is 9.86. The topological polar surface area (TPSA) is 0 Å². The molecule has 1 aliphatic rings. The lowest BCUT2D eigenvalue weighted by molar-refractivity contribution is 0.554. The first-order valence-corrected chi connectivity index (χ1v) is 14.4. The van der Waals surface area contributed by atoms with Crippen LogP contribution >= 0.6 is 40.1 Å². The maximum absolute atomic E-state index is 3.74. The van der Waals surface area contributed by atoms with Crippen molar-refractivity contribution in [2.24, 2.45) is 0 Å². The molecule has 0 nitrogen and oxygen atoms in total. The molecule has 0 heterocycles. The van der Waals surface area contributed by atoms with Crippen LogP contribution in [0.5, 0.6) is 0 Å². The van der Waals surface area contributed by atoms with Crippen molar-refractivity contribution in [3.05, 3.63) is 85.3 Å². The Morgan fingerprint density at radius 3 is 1.29 bits per heavy atom. The molecule has 0 unspecified atom stereocenters. The number of rotatable bonds is 1. The van der Waals surface area contributed by atoms with Gasteiger partial charge in [-0.3, -0.25) is 0 Å². The van der Waals surface area contributed by atoms with Gasteiger partial charge in [-0.25, -0.2) is 0 Å². The first-order chi connectivity index (χ1) is 15.6. The Morgan fingerprint density at radius 2 is 0.941 bits per heavy atom. The fraction of sp³-hybridized carbons (Fsp3) is 0.387. The third-order valence-corrected chi connectivity index (χ3v) is 8.98. The molecule has 0 fully saturated rings. The van der Waals surface area contributed by atoms with E-state index in [2.05, 4.69) is 143 Å². The van der Waals surface area contributed by atoms with Gasteiger partial charge in [0.05, 0.1) is 0 Å². The molecule has 0 aliphatic heterocycles. The first-order valence-electron chi connectivity index (χ1n) is 12.0. The molecule has 0 spiro atoms. The molecule has 0 N–H and O–H groups in total. The lowest BCUT2D eigenvalue weighted by Gasteiger charge is -2.32. The molecule has 3 heteroatoms. The van der Waals surface area contributed by atoms with Crippen molar-refractivity contribution in [3.63, 3.8) is 0 Å². The highest BCUT2D eigenvalue weighted by molar-refractivity contribution is 9.10. The van der Waals surface area contributed by atoms with Gasteiger partial charge in [0.2, 0.25) is 0 Å². The van der Waals surface area contributed by atoms with Gasteiger partial charge in [0.25, 0.3) is 0 Å². The molecule has 0 radical (unpaired) electrons. The molecule has 0 saturated heterocycles. The summed E-state index contributed by atoms with van der Waals surface area (Å²) < 4.78 is 2.25. The van der Waals surface area contributed by atoms with E-state index >= 15 is 0 Å². The molecule has 0 amide bonds. The van der Waals surface area contributed by atoms with Crippen LogP contribution in [0.2, 0.25) is 0 Å². The average molecular weight is 598 g/mol. The smallest absolute Gasteiger partial charge is 0.0182 e. The molecule has 3 aromatic carbocycles. The SMILES string of the molecule is CC(C)(C)c1cc(C(C)(C)C)c(P=C2c3cc(Br)ccc3-c3ccc(Br)cc32)c(C(C)(C)C)c1. The van der Waals surface area contributed by atoms with Gasteiger partial charge < -0.3 is 0 Å². The number of hydrogen-bond donors (Lipinski definition) is 0. The summed E-state index contributed by atoms with van der Waals surface area (Å²) >= 11 is 7.47. The predicted molar refractivity (Wildman–Crippen MR) is 160 cm³/mol. The Hall–Kier alpha value is -1.21. The second-order valence-corrected chi connectivity index (χ2v) is 15.5. The molecule has 3 aromatic rings. The van der Waals surface area contributed by atoms with Gasteiger partial charge in [-0.05, 0) is 79.5 Å². The Morgan fingerprint density at radius 1 is 0.529 bits per heavy atom. The van der Waals surface area contributed by atoms with E-state index in [1.54, 1.807) is 0 Å². The van der Waals surface area contributed by atoms with E-state index < -0.39 is 0 Å². The molecule has 0 bridgehead atoms. The van der Waals surface area contributed by atoms with Crippen molar-refractivity contribution in [2.45, 2.75) is 78.6 Å². The number of halogens is 2. The predicted octanol–water partition coefficient (Wildman–Crippen LogP) is 9.92. The maximum atomic E-state index is 3.74. The van der Waals surface area contributed by atoms with Crippen LogP contribution in [0.15, 0.2) is 57.5 Å². The summed E-state index contributed by atoms with van der Waals surface area (Å²) in [6, 6.07) is 18.4. The average Bonchev–Trinajstić information content (AvgIpc) is 2.97. The van der Waals surface area contributed by atoms with Crippen LogP contribution in [0.3, 0.4) is 0 Å². The van der Waals surface area contributed by atoms with E-state index in [-0.39, 0.29) is 16.2 Å². The van der Waals surface area contributed by atoms with Crippen LogP contribution in [0.4, 0.5) is 0 Å². The highest BCUT2D eigenvalue weighted by Crippen LogP contribution is 2.43. The van der Waals surface area contributed by atoms with E-state index in [0.29, 0.717) is 0 Å². The summed E-state index contributed by atoms with van der Waals surface area (Å²) in [6.07, 6.45) is 0. The van der Waals surface area contributed by atoms with Crippen LogP contribution < -0.4 is 5.30 Å². The standard InChI is InChI=1S/C31H35Br2P/c1-29(2,3)18-14-25(30(4,5)6)28(26(15-18)31(7,8)9)34-27-23-16-19(32)10-12-21(23)22-13-11-20(33)17-24(22)27/h10-17H,1-9H3. The Bertz CT molecular complexity index is 1220. The molecule has 0 atom stereocenters. The molecule has 0 saturated carbocycles. The molecular formula is C31H35Br2P. The van der Waals surface area contributed by atoms with Crippen molar-refractivity contribution in [1.82, 2.24) is 0 Å². The second-order valence-electron chi connectivity index (χ2n) is 12.5. The van der Waals surface area contributed by atoms with Crippen LogP contribution in [-0.2, 0) is 16.2 Å². The third kappa shape index (κ3) is 4.88. The molecule has 4 rings (SSSR count). The third-order valence-electron chi connectivity index (χ3n) is 6.58. The molecular weight excluding hydrogens is 563 g/mol. The van der Waals surface area contributed by atoms with E-state index in [1.807, 2.05) is 0 Å². The molecule has 34 heavy (non-hydrogen) atoms. The second kappa shape index (κ2) is 8.72. The van der Waals surface area contributed by atoms with Crippen LogP contribution in [0.25, 0.3) is 11.1 Å². The fourth-order valence-electron chi connectivity index (χ4n) is 4.60. The zero-order valence-electron chi connectivity index (χ0n) is 21.8. The van der Waals surface area contributed by atoms with E-state index in [9.17, 15) is 0 Å². The Labute approximate surface area is 224 Å². The van der Waals surface area contributed by atoms with Gasteiger partial charge in [-0.15, -0.1) is 0 Å². The van der Waals surface area contributed by atoms with Crippen molar-refractivity contribution >= 4 is 50.7 Å². The van der Waals surface area contributed by atoms with E-state index in [1.165, 1.54) is 57.7 Å². The molecule has 178 valence electrons. The first kappa shape index (κ1) is 25.9. The van der Waals surface area contributed by atoms with Crippen molar-refractivity contribution in [2.75, 3.05) is 0 Å². The highest BCUT2D eigenvalue weighted by atomic mass is 79.9. The number of benzene rings is 3. The Kier molecular flexibility index (Phi) is 6.63. The van der Waals surface area contributed by atoms with Gasteiger partial charge in [0.15, 0.2) is 0 Å². The molecule has 1 aliphatic carbocycles. The number of hydrogen-bond acceptors (Lipinski definition) is 0. The minimum Gasteiger partial charge on any atom is -0.0585 e. The quantitative estimate of drug-likeness (QED) is 0.191.